The molecule has 27 heavy (non-hydrogen) atoms. The molecule has 1 aliphatic heterocycles. The van der Waals surface area contributed by atoms with E-state index in [2.05, 4.69) is 20.5 Å². The van der Waals surface area contributed by atoms with Gasteiger partial charge in [-0.05, 0) is 18.1 Å². The number of amides is 2. The van der Waals surface area contributed by atoms with Crippen molar-refractivity contribution in [3.8, 4) is 0 Å². The van der Waals surface area contributed by atoms with E-state index >= 15 is 0 Å². The van der Waals surface area contributed by atoms with Crippen LogP contribution in [0.5, 0.6) is 0 Å². The number of hydrogen-bond donors (Lipinski definition) is 2. The lowest BCUT2D eigenvalue weighted by Crippen LogP contribution is -2.41. The molecule has 1 saturated heterocycles. The average molecular weight is 373 g/mol. The van der Waals surface area contributed by atoms with Crippen molar-refractivity contribution in [2.45, 2.75) is 13.8 Å². The Morgan fingerprint density at radius 3 is 2.70 bits per heavy atom. The van der Waals surface area contributed by atoms with Crippen LogP contribution in [0.2, 0.25) is 0 Å². The number of ether oxygens (including phenoxy) is 1. The second kappa shape index (κ2) is 8.96. The standard InChI is InChI=1S/C19H27N5O3/c1-14(2)13-21-19(26)17-22-16(15-5-3-4-7-24(15)17)18(25)20-6-8-23-9-11-27-12-10-23/h3-5,7,14H,6,8-13H2,1-2H3,(H,20,25)(H,21,26). The van der Waals surface area contributed by atoms with Crippen LogP contribution in [0.3, 0.4) is 0 Å². The highest BCUT2D eigenvalue weighted by Crippen LogP contribution is 2.13. The smallest absolute Gasteiger partial charge is 0.287 e. The molecule has 8 heteroatoms. The van der Waals surface area contributed by atoms with E-state index in [1.165, 1.54) is 0 Å². The van der Waals surface area contributed by atoms with Gasteiger partial charge >= 0.3 is 0 Å². The van der Waals surface area contributed by atoms with Gasteiger partial charge in [-0.3, -0.25) is 18.9 Å². The van der Waals surface area contributed by atoms with Gasteiger partial charge in [0.05, 0.1) is 18.7 Å². The minimum atomic E-state index is -0.280. The summed E-state index contributed by atoms with van der Waals surface area (Å²) >= 11 is 0. The molecule has 0 aromatic carbocycles. The van der Waals surface area contributed by atoms with Crippen molar-refractivity contribution in [3.63, 3.8) is 0 Å². The molecule has 0 atom stereocenters. The zero-order chi connectivity index (χ0) is 19.2. The van der Waals surface area contributed by atoms with Crippen molar-refractivity contribution in [2.24, 2.45) is 5.92 Å². The second-order valence-corrected chi connectivity index (χ2v) is 7.05. The van der Waals surface area contributed by atoms with E-state index in [1.807, 2.05) is 26.0 Å². The Bertz CT molecular complexity index is 796. The van der Waals surface area contributed by atoms with E-state index in [4.69, 9.17) is 4.74 Å². The lowest BCUT2D eigenvalue weighted by molar-refractivity contribution is 0.0383. The summed E-state index contributed by atoms with van der Waals surface area (Å²) < 4.78 is 6.98. The number of nitrogens with zero attached hydrogens (tertiary/aromatic N) is 3. The number of carbonyl (C=O) groups excluding carboxylic acids is 2. The van der Waals surface area contributed by atoms with Crippen molar-refractivity contribution >= 4 is 17.3 Å². The van der Waals surface area contributed by atoms with Gasteiger partial charge in [-0.1, -0.05) is 19.9 Å². The summed E-state index contributed by atoms with van der Waals surface area (Å²) in [5.41, 5.74) is 0.892. The van der Waals surface area contributed by atoms with Crippen LogP contribution in [0.4, 0.5) is 0 Å². The van der Waals surface area contributed by atoms with Crippen LogP contribution in [0, 0.1) is 5.92 Å². The lowest BCUT2D eigenvalue weighted by Gasteiger charge is -2.26. The molecule has 1 fully saturated rings. The first-order valence-electron chi connectivity index (χ1n) is 9.40. The van der Waals surface area contributed by atoms with E-state index < -0.39 is 0 Å². The van der Waals surface area contributed by atoms with Crippen LogP contribution in [0.25, 0.3) is 5.52 Å². The van der Waals surface area contributed by atoms with Gasteiger partial charge in [0.15, 0.2) is 5.69 Å². The number of imidazole rings is 1. The molecule has 2 amide bonds. The molecule has 0 spiro atoms. The van der Waals surface area contributed by atoms with Gasteiger partial charge in [0.1, 0.15) is 0 Å². The maximum absolute atomic E-state index is 12.6. The molecule has 8 nitrogen and oxygen atoms in total. The predicted octanol–water partition coefficient (Wildman–Crippen LogP) is 0.782. The zero-order valence-electron chi connectivity index (χ0n) is 15.9. The Labute approximate surface area is 158 Å². The number of hydrogen-bond acceptors (Lipinski definition) is 5. The summed E-state index contributed by atoms with van der Waals surface area (Å²) in [6.45, 7) is 9.12. The second-order valence-electron chi connectivity index (χ2n) is 7.05. The van der Waals surface area contributed by atoms with E-state index in [-0.39, 0.29) is 23.3 Å². The van der Waals surface area contributed by atoms with Crippen molar-refractivity contribution < 1.29 is 14.3 Å². The van der Waals surface area contributed by atoms with Crippen molar-refractivity contribution in [3.05, 3.63) is 35.9 Å². The molecule has 2 aromatic heterocycles. The van der Waals surface area contributed by atoms with E-state index in [0.29, 0.717) is 24.5 Å². The molecule has 0 saturated carbocycles. The van der Waals surface area contributed by atoms with Crippen molar-refractivity contribution in [1.82, 2.24) is 24.9 Å². The Morgan fingerprint density at radius 2 is 1.96 bits per heavy atom. The highest BCUT2D eigenvalue weighted by Gasteiger charge is 2.21. The number of fused-ring (bicyclic) bond motifs is 1. The van der Waals surface area contributed by atoms with Gasteiger partial charge < -0.3 is 15.4 Å². The lowest BCUT2D eigenvalue weighted by atomic mass is 10.2. The third-order valence-corrected chi connectivity index (χ3v) is 4.45. The predicted molar refractivity (Wildman–Crippen MR) is 102 cm³/mol. The molecule has 0 bridgehead atoms. The molecular weight excluding hydrogens is 346 g/mol. The third-order valence-electron chi connectivity index (χ3n) is 4.45. The number of aromatic nitrogens is 2. The minimum absolute atomic E-state index is 0.226. The van der Waals surface area contributed by atoms with Gasteiger partial charge in [-0.25, -0.2) is 4.98 Å². The van der Waals surface area contributed by atoms with Crippen LogP contribution >= 0.6 is 0 Å². The first kappa shape index (κ1) is 19.3. The molecule has 0 unspecified atom stereocenters. The van der Waals surface area contributed by atoms with Gasteiger partial charge in [-0.15, -0.1) is 0 Å². The summed E-state index contributed by atoms with van der Waals surface area (Å²) in [7, 11) is 0. The molecule has 0 aliphatic carbocycles. The van der Waals surface area contributed by atoms with E-state index in [1.54, 1.807) is 16.7 Å². The summed E-state index contributed by atoms with van der Waals surface area (Å²) in [4.78, 5) is 31.7. The summed E-state index contributed by atoms with van der Waals surface area (Å²) in [5.74, 6) is 0.0137. The third kappa shape index (κ3) is 4.84. The maximum Gasteiger partial charge on any atom is 0.287 e. The van der Waals surface area contributed by atoms with Crippen LogP contribution in [0.1, 0.15) is 35.0 Å². The van der Waals surface area contributed by atoms with Crippen molar-refractivity contribution in [2.75, 3.05) is 45.9 Å². The Hall–Kier alpha value is -2.45. The van der Waals surface area contributed by atoms with Gasteiger partial charge in [-0.2, -0.15) is 0 Å². The SMILES string of the molecule is CC(C)CNC(=O)c1nc(C(=O)NCCN2CCOCC2)c2ccccn12. The van der Waals surface area contributed by atoms with E-state index in [9.17, 15) is 9.59 Å². The number of nitrogens with one attached hydrogen (secondary N) is 2. The Morgan fingerprint density at radius 1 is 1.19 bits per heavy atom. The van der Waals surface area contributed by atoms with Gasteiger partial charge in [0.25, 0.3) is 11.8 Å². The normalized spacial score (nSPS) is 15.2. The van der Waals surface area contributed by atoms with Crippen LogP contribution in [-0.4, -0.2) is 72.0 Å². The Kier molecular flexibility index (Phi) is 6.41. The fourth-order valence-corrected chi connectivity index (χ4v) is 2.98. The molecule has 3 rings (SSSR count). The van der Waals surface area contributed by atoms with Gasteiger partial charge in [0, 0.05) is 38.9 Å². The van der Waals surface area contributed by atoms with Gasteiger partial charge in [0.2, 0.25) is 5.82 Å². The van der Waals surface area contributed by atoms with Crippen LogP contribution < -0.4 is 10.6 Å². The van der Waals surface area contributed by atoms with Crippen LogP contribution in [-0.2, 0) is 4.74 Å². The minimum Gasteiger partial charge on any atom is -0.379 e. The summed E-state index contributed by atoms with van der Waals surface area (Å²) in [6, 6.07) is 5.44. The highest BCUT2D eigenvalue weighted by molar-refractivity contribution is 6.02. The number of carbonyl (C=O) groups is 2. The quantitative estimate of drug-likeness (QED) is 0.749. The maximum atomic E-state index is 12.6. The largest absolute Gasteiger partial charge is 0.379 e. The van der Waals surface area contributed by atoms with Crippen LogP contribution in [0.15, 0.2) is 24.4 Å². The topological polar surface area (TPSA) is 88.0 Å². The molecule has 146 valence electrons. The van der Waals surface area contributed by atoms with E-state index in [0.717, 1.165) is 32.8 Å². The fraction of sp³-hybridized carbons (Fsp3) is 0.526. The molecule has 2 aromatic rings. The fourth-order valence-electron chi connectivity index (χ4n) is 2.98. The first-order chi connectivity index (χ1) is 13.1. The monoisotopic (exact) mass is 373 g/mol. The number of pyridine rings is 1. The van der Waals surface area contributed by atoms with Crippen molar-refractivity contribution in [1.29, 1.82) is 0 Å². The molecule has 2 N–H and O–H groups in total. The number of morpholine rings is 1. The summed E-state index contributed by atoms with van der Waals surface area (Å²) in [6.07, 6.45) is 1.75. The molecule has 1 aliphatic rings. The number of rotatable bonds is 7. The first-order valence-corrected chi connectivity index (χ1v) is 9.40. The summed E-state index contributed by atoms with van der Waals surface area (Å²) in [5, 5.41) is 5.77. The Balaban J connectivity index is 1.69. The average Bonchev–Trinajstić information content (AvgIpc) is 3.07. The molecule has 3 heterocycles. The zero-order valence-corrected chi connectivity index (χ0v) is 15.9. The highest BCUT2D eigenvalue weighted by atomic mass is 16.5. The molecular formula is C19H27N5O3. The molecule has 0 radical (unpaired) electrons.